The van der Waals surface area contributed by atoms with Gasteiger partial charge in [-0.3, -0.25) is 4.79 Å². The average molecular weight is 225 g/mol. The minimum atomic E-state index is 0.224. The third-order valence-electron chi connectivity index (χ3n) is 3.26. The molecule has 0 fully saturated rings. The van der Waals surface area contributed by atoms with Crippen LogP contribution in [0, 0.1) is 5.92 Å². The van der Waals surface area contributed by atoms with E-state index >= 15 is 0 Å². The van der Waals surface area contributed by atoms with Crippen molar-refractivity contribution in [1.82, 2.24) is 4.90 Å². The second-order valence-electron chi connectivity index (χ2n) is 4.81. The molecule has 0 aromatic rings. The lowest BCUT2D eigenvalue weighted by Crippen LogP contribution is -2.36. The second kappa shape index (κ2) is 7.48. The number of rotatable bonds is 7. The van der Waals surface area contributed by atoms with Crippen LogP contribution in [0.3, 0.4) is 0 Å². The first-order valence-electron chi connectivity index (χ1n) is 6.41. The van der Waals surface area contributed by atoms with Gasteiger partial charge in [-0.1, -0.05) is 33.8 Å². The Bertz CT molecular complexity index is 235. The van der Waals surface area contributed by atoms with Crippen molar-refractivity contribution in [1.29, 1.82) is 0 Å². The van der Waals surface area contributed by atoms with Gasteiger partial charge in [0.2, 0.25) is 5.91 Å². The highest BCUT2D eigenvalue weighted by Crippen LogP contribution is 2.16. The summed E-state index contributed by atoms with van der Waals surface area (Å²) >= 11 is 0. The van der Waals surface area contributed by atoms with Gasteiger partial charge in [0, 0.05) is 18.2 Å². The fourth-order valence-electron chi connectivity index (χ4n) is 1.71. The summed E-state index contributed by atoms with van der Waals surface area (Å²) < 4.78 is 0. The molecule has 0 aromatic carbocycles. The van der Waals surface area contributed by atoms with Crippen LogP contribution in [0.2, 0.25) is 0 Å². The molecule has 16 heavy (non-hydrogen) atoms. The van der Waals surface area contributed by atoms with Gasteiger partial charge < -0.3 is 4.90 Å². The second-order valence-corrected chi connectivity index (χ2v) is 4.81. The molecule has 0 saturated carbocycles. The number of amides is 1. The quantitative estimate of drug-likeness (QED) is 0.642. The van der Waals surface area contributed by atoms with Crippen molar-refractivity contribution in [3.63, 3.8) is 0 Å². The molecule has 1 amide bonds. The van der Waals surface area contributed by atoms with Crippen LogP contribution in [0.4, 0.5) is 0 Å². The summed E-state index contributed by atoms with van der Waals surface area (Å²) in [5, 5.41) is 0. The number of nitrogens with zero attached hydrogens (tertiary/aromatic N) is 1. The van der Waals surface area contributed by atoms with E-state index in [1.165, 1.54) is 0 Å². The third kappa shape index (κ3) is 4.82. The van der Waals surface area contributed by atoms with Crippen LogP contribution in [0.5, 0.6) is 0 Å². The van der Waals surface area contributed by atoms with Gasteiger partial charge in [0.15, 0.2) is 0 Å². The van der Waals surface area contributed by atoms with Crippen LogP contribution in [-0.2, 0) is 4.79 Å². The van der Waals surface area contributed by atoms with Crippen molar-refractivity contribution in [2.75, 3.05) is 0 Å². The van der Waals surface area contributed by atoms with Crippen LogP contribution in [0.1, 0.15) is 60.3 Å². The molecule has 0 radical (unpaired) electrons. The number of hydrogen-bond donors (Lipinski definition) is 0. The van der Waals surface area contributed by atoms with Gasteiger partial charge in [0.1, 0.15) is 0 Å². The molecule has 0 heterocycles. The summed E-state index contributed by atoms with van der Waals surface area (Å²) in [4.78, 5) is 13.9. The number of carbonyl (C=O) groups is 1. The Labute approximate surface area is 101 Å². The molecular weight excluding hydrogens is 198 g/mol. The molecule has 94 valence electrons. The Morgan fingerprint density at radius 1 is 1.25 bits per heavy atom. The Hall–Kier alpha value is -0.790. The molecule has 0 aliphatic heterocycles. The maximum absolute atomic E-state index is 12.1. The van der Waals surface area contributed by atoms with Crippen LogP contribution >= 0.6 is 0 Å². The smallest absolute Gasteiger partial charge is 0.226 e. The Balaban J connectivity index is 4.34. The van der Waals surface area contributed by atoms with E-state index in [4.69, 9.17) is 0 Å². The molecule has 0 rings (SSSR count). The Morgan fingerprint density at radius 3 is 2.19 bits per heavy atom. The zero-order valence-corrected chi connectivity index (χ0v) is 11.5. The maximum atomic E-state index is 12.1. The number of hydrogen-bond acceptors (Lipinski definition) is 1. The molecule has 0 saturated heterocycles. The molecule has 0 bridgehead atoms. The lowest BCUT2D eigenvalue weighted by molar-refractivity contribution is -0.131. The zero-order valence-electron chi connectivity index (χ0n) is 11.5. The topological polar surface area (TPSA) is 20.3 Å². The van der Waals surface area contributed by atoms with Crippen LogP contribution in [-0.4, -0.2) is 16.8 Å². The first-order valence-corrected chi connectivity index (χ1v) is 6.41. The number of allylic oxidation sites excluding steroid dienone is 1. The SMILES string of the molecule is C=C(C)N(C(=O)CCC(C)CC)[C@H](C)CC. The van der Waals surface area contributed by atoms with Gasteiger partial charge in [0.05, 0.1) is 0 Å². The fraction of sp³-hybridized carbons (Fsp3) is 0.786. The predicted molar refractivity (Wildman–Crippen MR) is 70.1 cm³/mol. The van der Waals surface area contributed by atoms with E-state index < -0.39 is 0 Å². The summed E-state index contributed by atoms with van der Waals surface area (Å²) in [6, 6.07) is 0.266. The highest BCUT2D eigenvalue weighted by molar-refractivity contribution is 5.78. The van der Waals surface area contributed by atoms with E-state index in [0.29, 0.717) is 12.3 Å². The van der Waals surface area contributed by atoms with Gasteiger partial charge in [-0.05, 0) is 32.6 Å². The molecule has 2 heteroatoms. The largest absolute Gasteiger partial charge is 0.314 e. The monoisotopic (exact) mass is 225 g/mol. The van der Waals surface area contributed by atoms with Gasteiger partial charge in [-0.25, -0.2) is 0 Å². The lowest BCUT2D eigenvalue weighted by Gasteiger charge is -2.29. The first-order chi connectivity index (χ1) is 7.43. The van der Waals surface area contributed by atoms with E-state index in [0.717, 1.165) is 25.0 Å². The molecule has 0 aromatic heterocycles. The third-order valence-corrected chi connectivity index (χ3v) is 3.26. The highest BCUT2D eigenvalue weighted by atomic mass is 16.2. The summed E-state index contributed by atoms with van der Waals surface area (Å²) in [6.45, 7) is 14.3. The summed E-state index contributed by atoms with van der Waals surface area (Å²) in [6.07, 6.45) is 3.74. The number of carbonyl (C=O) groups excluding carboxylic acids is 1. The molecule has 2 nitrogen and oxygen atoms in total. The van der Waals surface area contributed by atoms with E-state index in [-0.39, 0.29) is 11.9 Å². The first kappa shape index (κ1) is 15.2. The van der Waals surface area contributed by atoms with Gasteiger partial charge in [-0.15, -0.1) is 0 Å². The van der Waals surface area contributed by atoms with E-state index in [1.54, 1.807) is 0 Å². The van der Waals surface area contributed by atoms with Crippen molar-refractivity contribution in [2.45, 2.75) is 66.3 Å². The molecular formula is C14H27NO. The highest BCUT2D eigenvalue weighted by Gasteiger charge is 2.19. The Morgan fingerprint density at radius 2 is 1.81 bits per heavy atom. The van der Waals surface area contributed by atoms with Gasteiger partial charge in [-0.2, -0.15) is 0 Å². The normalized spacial score (nSPS) is 14.3. The van der Waals surface area contributed by atoms with Crippen LogP contribution in [0.15, 0.2) is 12.3 Å². The van der Waals surface area contributed by atoms with Gasteiger partial charge in [0.25, 0.3) is 0 Å². The Kier molecular flexibility index (Phi) is 7.11. The maximum Gasteiger partial charge on any atom is 0.226 e. The molecule has 0 spiro atoms. The van der Waals surface area contributed by atoms with Crippen molar-refractivity contribution >= 4 is 5.91 Å². The standard InChI is InChI=1S/C14H27NO/c1-7-12(5)9-10-14(16)15(11(3)4)13(6)8-2/h12-13H,3,7-10H2,1-2,4-6H3/t12?,13-/m1/s1. The summed E-state index contributed by atoms with van der Waals surface area (Å²) in [7, 11) is 0. The van der Waals surface area contributed by atoms with Crippen LogP contribution in [0.25, 0.3) is 0 Å². The minimum Gasteiger partial charge on any atom is -0.314 e. The fourth-order valence-corrected chi connectivity index (χ4v) is 1.71. The van der Waals surface area contributed by atoms with Crippen molar-refractivity contribution in [2.24, 2.45) is 5.92 Å². The zero-order chi connectivity index (χ0) is 12.7. The van der Waals surface area contributed by atoms with E-state index in [1.807, 2.05) is 11.8 Å². The van der Waals surface area contributed by atoms with Crippen molar-refractivity contribution in [3.8, 4) is 0 Å². The molecule has 0 aliphatic carbocycles. The van der Waals surface area contributed by atoms with Gasteiger partial charge >= 0.3 is 0 Å². The molecule has 0 N–H and O–H groups in total. The summed E-state index contributed by atoms with van der Waals surface area (Å²) in [5.41, 5.74) is 0.864. The average Bonchev–Trinajstić information content (AvgIpc) is 2.25. The predicted octanol–water partition coefficient (Wildman–Crippen LogP) is 3.97. The van der Waals surface area contributed by atoms with Crippen molar-refractivity contribution < 1.29 is 4.79 Å². The lowest BCUT2D eigenvalue weighted by atomic mass is 10.0. The van der Waals surface area contributed by atoms with E-state index in [9.17, 15) is 4.79 Å². The van der Waals surface area contributed by atoms with E-state index in [2.05, 4.69) is 34.3 Å². The molecule has 0 aliphatic rings. The molecule has 2 atom stereocenters. The molecule has 1 unspecified atom stereocenters. The minimum absolute atomic E-state index is 0.224. The summed E-state index contributed by atoms with van der Waals surface area (Å²) in [5.74, 6) is 0.856. The van der Waals surface area contributed by atoms with Crippen LogP contribution < -0.4 is 0 Å². The van der Waals surface area contributed by atoms with Crippen molar-refractivity contribution in [3.05, 3.63) is 12.3 Å².